The van der Waals surface area contributed by atoms with Gasteiger partial charge in [-0.05, 0) is 22.5 Å². The van der Waals surface area contributed by atoms with E-state index in [2.05, 4.69) is 54.5 Å². The van der Waals surface area contributed by atoms with Crippen LogP contribution in [0.1, 0.15) is 55.4 Å². The number of rotatable bonds is 9. The van der Waals surface area contributed by atoms with E-state index in [0.29, 0.717) is 29.1 Å². The van der Waals surface area contributed by atoms with Crippen molar-refractivity contribution in [3.05, 3.63) is 12.2 Å². The third-order valence-electron chi connectivity index (χ3n) is 4.15. The molecule has 0 aromatic carbocycles. The molecular formula is C17H34O3Si. The summed E-state index contributed by atoms with van der Waals surface area (Å²) in [4.78, 5) is 10.7. The van der Waals surface area contributed by atoms with E-state index in [-0.39, 0.29) is 5.97 Å². The number of ether oxygens (including phenoxy) is 1. The minimum absolute atomic E-state index is 0.241. The van der Waals surface area contributed by atoms with Gasteiger partial charge in [-0.15, -0.1) is 0 Å². The normalized spacial score (nSPS) is 14.4. The van der Waals surface area contributed by atoms with Gasteiger partial charge in [-0.1, -0.05) is 60.6 Å². The van der Waals surface area contributed by atoms with Gasteiger partial charge in [0.1, 0.15) is 6.61 Å². The molecule has 0 rings (SSSR count). The van der Waals surface area contributed by atoms with E-state index in [1.807, 2.05) is 6.08 Å². The third kappa shape index (κ3) is 6.35. The van der Waals surface area contributed by atoms with Crippen LogP contribution in [0, 0.1) is 5.92 Å². The van der Waals surface area contributed by atoms with Crippen molar-refractivity contribution >= 4 is 14.3 Å². The van der Waals surface area contributed by atoms with E-state index in [4.69, 9.17) is 9.16 Å². The van der Waals surface area contributed by atoms with Crippen LogP contribution in [0.5, 0.6) is 0 Å². The fraction of sp³-hybridized carbons (Fsp3) is 0.824. The Kier molecular flexibility index (Phi) is 9.14. The molecule has 0 aromatic heterocycles. The molecule has 21 heavy (non-hydrogen) atoms. The zero-order valence-electron chi connectivity index (χ0n) is 15.1. The van der Waals surface area contributed by atoms with Crippen LogP contribution >= 0.6 is 0 Å². The van der Waals surface area contributed by atoms with Crippen LogP contribution in [-0.2, 0) is 14.0 Å². The molecule has 0 saturated carbocycles. The second kappa shape index (κ2) is 9.41. The average molecular weight is 315 g/mol. The third-order valence-corrected chi connectivity index (χ3v) is 10.2. The van der Waals surface area contributed by atoms with Crippen molar-refractivity contribution in [3.63, 3.8) is 0 Å². The summed E-state index contributed by atoms with van der Waals surface area (Å²) in [7, 11) is -1.78. The Morgan fingerprint density at radius 1 is 1.00 bits per heavy atom. The van der Waals surface area contributed by atoms with Crippen molar-refractivity contribution in [1.29, 1.82) is 0 Å². The molecule has 1 unspecified atom stereocenters. The average Bonchev–Trinajstić information content (AvgIpc) is 2.33. The van der Waals surface area contributed by atoms with Gasteiger partial charge in [0.2, 0.25) is 0 Å². The Morgan fingerprint density at radius 3 is 1.86 bits per heavy atom. The molecule has 1 atom stereocenters. The van der Waals surface area contributed by atoms with Crippen LogP contribution in [0.15, 0.2) is 12.2 Å². The van der Waals surface area contributed by atoms with Crippen LogP contribution in [0.25, 0.3) is 0 Å². The summed E-state index contributed by atoms with van der Waals surface area (Å²) in [5.41, 5.74) is 1.82. The van der Waals surface area contributed by atoms with E-state index in [1.54, 1.807) is 0 Å². The maximum Gasteiger partial charge on any atom is 0.302 e. The lowest BCUT2D eigenvalue weighted by Gasteiger charge is -2.42. The fourth-order valence-electron chi connectivity index (χ4n) is 3.28. The van der Waals surface area contributed by atoms with Gasteiger partial charge in [0, 0.05) is 13.5 Å². The van der Waals surface area contributed by atoms with Gasteiger partial charge >= 0.3 is 5.97 Å². The zero-order valence-corrected chi connectivity index (χ0v) is 16.1. The molecule has 0 aliphatic carbocycles. The first-order valence-electron chi connectivity index (χ1n) is 8.08. The SMILES string of the molecule is CC(=O)OC/C=C/C(C)CO[Si](C(C)C)(C(C)C)C(C)C. The summed E-state index contributed by atoms with van der Waals surface area (Å²) in [5, 5.41) is 0. The maximum absolute atomic E-state index is 10.7. The first-order chi connectivity index (χ1) is 9.64. The standard InChI is InChI=1S/C17H34O3Si/c1-13(2)21(14(3)4,15(5)6)20-12-16(7)10-9-11-19-17(8)18/h9-10,13-16H,11-12H2,1-8H3/b10-9+. The topological polar surface area (TPSA) is 35.5 Å². The lowest BCUT2D eigenvalue weighted by molar-refractivity contribution is -0.139. The summed E-state index contributed by atoms with van der Waals surface area (Å²) in [6.07, 6.45) is 3.97. The molecule has 0 saturated heterocycles. The largest absolute Gasteiger partial charge is 0.462 e. The number of hydrogen-bond acceptors (Lipinski definition) is 3. The summed E-state index contributed by atoms with van der Waals surface area (Å²) in [5.74, 6) is 0.0954. The van der Waals surface area contributed by atoms with Gasteiger partial charge in [0.05, 0.1) is 0 Å². The monoisotopic (exact) mass is 314 g/mol. The molecule has 0 fully saturated rings. The predicted molar refractivity (Wildman–Crippen MR) is 91.9 cm³/mol. The lowest BCUT2D eigenvalue weighted by atomic mass is 10.2. The Labute approximate surface area is 132 Å². The van der Waals surface area contributed by atoms with Crippen molar-refractivity contribution in [3.8, 4) is 0 Å². The highest BCUT2D eigenvalue weighted by atomic mass is 28.4. The maximum atomic E-state index is 10.7. The number of esters is 1. The second-order valence-electron chi connectivity index (χ2n) is 6.84. The minimum atomic E-state index is -1.78. The van der Waals surface area contributed by atoms with Crippen molar-refractivity contribution in [2.24, 2.45) is 5.92 Å². The first-order valence-corrected chi connectivity index (χ1v) is 10.2. The summed E-state index contributed by atoms with van der Waals surface area (Å²) >= 11 is 0. The number of carbonyl (C=O) groups excluding carboxylic acids is 1. The molecule has 0 spiro atoms. The lowest BCUT2D eigenvalue weighted by Crippen LogP contribution is -2.48. The van der Waals surface area contributed by atoms with Crippen LogP contribution in [0.4, 0.5) is 0 Å². The van der Waals surface area contributed by atoms with Gasteiger partial charge < -0.3 is 9.16 Å². The zero-order chi connectivity index (χ0) is 16.6. The molecule has 0 aliphatic heterocycles. The number of carbonyl (C=O) groups is 1. The van der Waals surface area contributed by atoms with E-state index < -0.39 is 8.32 Å². The predicted octanol–water partition coefficient (Wildman–Crippen LogP) is 4.93. The van der Waals surface area contributed by atoms with E-state index in [0.717, 1.165) is 6.61 Å². The van der Waals surface area contributed by atoms with Crippen molar-refractivity contribution < 1.29 is 14.0 Å². The molecule has 4 heteroatoms. The van der Waals surface area contributed by atoms with Gasteiger partial charge in [0.25, 0.3) is 0 Å². The Balaban J connectivity index is 4.58. The smallest absolute Gasteiger partial charge is 0.302 e. The van der Waals surface area contributed by atoms with Gasteiger partial charge in [0.15, 0.2) is 8.32 Å². The molecule has 0 amide bonds. The summed E-state index contributed by atoms with van der Waals surface area (Å²) < 4.78 is 11.4. The van der Waals surface area contributed by atoms with E-state index in [9.17, 15) is 4.79 Å². The van der Waals surface area contributed by atoms with E-state index >= 15 is 0 Å². The van der Waals surface area contributed by atoms with Crippen LogP contribution in [-0.4, -0.2) is 27.5 Å². The Morgan fingerprint density at radius 2 is 1.48 bits per heavy atom. The summed E-state index contributed by atoms with van der Waals surface area (Å²) in [6.45, 7) is 18.5. The van der Waals surface area contributed by atoms with Crippen LogP contribution in [0.2, 0.25) is 16.6 Å². The molecule has 124 valence electrons. The summed E-state index contributed by atoms with van der Waals surface area (Å²) in [6, 6.07) is 0. The molecule has 0 aliphatic rings. The highest BCUT2D eigenvalue weighted by Gasteiger charge is 2.44. The minimum Gasteiger partial charge on any atom is -0.462 e. The fourth-order valence-corrected chi connectivity index (χ4v) is 8.84. The molecule has 0 radical (unpaired) electrons. The molecule has 3 nitrogen and oxygen atoms in total. The Bertz CT molecular complexity index is 313. The second-order valence-corrected chi connectivity index (χ2v) is 12.3. The Hall–Kier alpha value is -0.613. The van der Waals surface area contributed by atoms with Crippen molar-refractivity contribution in [2.75, 3.05) is 13.2 Å². The first kappa shape index (κ1) is 20.4. The number of hydrogen-bond donors (Lipinski definition) is 0. The van der Waals surface area contributed by atoms with Gasteiger partial charge in [-0.25, -0.2) is 0 Å². The molecule has 0 aromatic rings. The highest BCUT2D eigenvalue weighted by Crippen LogP contribution is 2.42. The molecule has 0 bridgehead atoms. The van der Waals surface area contributed by atoms with Crippen LogP contribution < -0.4 is 0 Å². The van der Waals surface area contributed by atoms with Crippen molar-refractivity contribution in [2.45, 2.75) is 72.0 Å². The van der Waals surface area contributed by atoms with Crippen LogP contribution in [0.3, 0.4) is 0 Å². The quantitative estimate of drug-likeness (QED) is 0.344. The molecule has 0 heterocycles. The van der Waals surface area contributed by atoms with E-state index in [1.165, 1.54) is 6.92 Å². The molecule has 0 N–H and O–H groups in total. The molecular weight excluding hydrogens is 280 g/mol. The van der Waals surface area contributed by atoms with Crippen molar-refractivity contribution in [1.82, 2.24) is 0 Å². The van der Waals surface area contributed by atoms with Gasteiger partial charge in [-0.3, -0.25) is 4.79 Å². The highest BCUT2D eigenvalue weighted by molar-refractivity contribution is 6.77. The van der Waals surface area contributed by atoms with Gasteiger partial charge in [-0.2, -0.15) is 0 Å².